The molecule has 0 aliphatic heterocycles. The van der Waals surface area contributed by atoms with Crippen LogP contribution in [0.3, 0.4) is 0 Å². The maximum Gasteiger partial charge on any atom is 0.245 e. The van der Waals surface area contributed by atoms with Crippen molar-refractivity contribution in [2.24, 2.45) is 35.0 Å². The third kappa shape index (κ3) is 24.0. The van der Waals surface area contributed by atoms with Crippen molar-refractivity contribution in [1.82, 2.24) is 63.1 Å². The van der Waals surface area contributed by atoms with E-state index in [4.69, 9.17) is 22.6 Å². The van der Waals surface area contributed by atoms with Crippen molar-refractivity contribution in [3.8, 4) is 0 Å². The van der Waals surface area contributed by atoms with Crippen LogP contribution in [0.1, 0.15) is 93.2 Å². The first-order valence-electron chi connectivity index (χ1n) is 24.3. The van der Waals surface area contributed by atoms with Gasteiger partial charge in [0.15, 0.2) is 5.96 Å². The van der Waals surface area contributed by atoms with Gasteiger partial charge >= 0.3 is 0 Å². The summed E-state index contributed by atoms with van der Waals surface area (Å²) in [7, 11) is 0. The first-order chi connectivity index (χ1) is 35.0. The van der Waals surface area contributed by atoms with Gasteiger partial charge in [-0.05, 0) is 58.3 Å². The van der Waals surface area contributed by atoms with Crippen molar-refractivity contribution in [3.05, 3.63) is 18.2 Å². The highest BCUT2D eigenvalue weighted by atomic mass is 16.3. The van der Waals surface area contributed by atoms with E-state index in [1.807, 2.05) is 0 Å². The van der Waals surface area contributed by atoms with E-state index >= 15 is 0 Å². The number of carbonyl (C=O) groups excluding carboxylic acids is 11. The fourth-order valence-corrected chi connectivity index (χ4v) is 6.81. The zero-order valence-corrected chi connectivity index (χ0v) is 43.5. The van der Waals surface area contributed by atoms with Crippen LogP contribution in [0, 0.1) is 23.2 Å². The summed E-state index contributed by atoms with van der Waals surface area (Å²) in [5, 5.41) is 61.6. The number of primary amides is 2. The second kappa shape index (κ2) is 32.7. The Balaban J connectivity index is 3.23. The largest absolute Gasteiger partial charge is 0.396 e. The van der Waals surface area contributed by atoms with E-state index in [9.17, 15) is 68.1 Å². The number of amides is 11. The number of nitrogens with zero attached hydrogens (tertiary/aromatic N) is 1. The van der Waals surface area contributed by atoms with Gasteiger partial charge in [-0.3, -0.25) is 58.1 Å². The molecule has 0 aliphatic rings. The minimum absolute atomic E-state index is 0.0440. The van der Waals surface area contributed by atoms with Gasteiger partial charge in [-0.15, -0.1) is 0 Å². The van der Waals surface area contributed by atoms with Crippen LogP contribution in [-0.4, -0.2) is 176 Å². The summed E-state index contributed by atoms with van der Waals surface area (Å²) >= 11 is 0. The Morgan fingerprint density at radius 2 is 1.08 bits per heavy atom. The van der Waals surface area contributed by atoms with Crippen molar-refractivity contribution < 1.29 is 68.1 Å². The summed E-state index contributed by atoms with van der Waals surface area (Å²) in [6, 6.07) is -13.0. The molecule has 0 radical (unpaired) electrons. The lowest BCUT2D eigenvalue weighted by molar-refractivity contribution is -0.137. The third-order valence-electron chi connectivity index (χ3n) is 11.2. The maximum absolute atomic E-state index is 13.8. The molecular formula is C45H78N16O14. The molecule has 0 aromatic carbocycles. The zero-order chi connectivity index (χ0) is 57.3. The van der Waals surface area contributed by atoms with Gasteiger partial charge in [0.2, 0.25) is 65.0 Å². The molecule has 422 valence electrons. The molecule has 1 aromatic heterocycles. The van der Waals surface area contributed by atoms with Gasteiger partial charge in [0.25, 0.3) is 0 Å². The molecule has 21 N–H and O–H groups in total. The smallest absolute Gasteiger partial charge is 0.245 e. The minimum Gasteiger partial charge on any atom is -0.396 e. The van der Waals surface area contributed by atoms with Gasteiger partial charge < -0.3 is 90.7 Å². The highest BCUT2D eigenvalue weighted by Gasteiger charge is 2.36. The molecule has 0 spiro atoms. The molecule has 75 heavy (non-hydrogen) atoms. The number of rotatable bonds is 34. The van der Waals surface area contributed by atoms with Gasteiger partial charge in [-0.1, -0.05) is 34.6 Å². The van der Waals surface area contributed by atoms with Crippen LogP contribution >= 0.6 is 0 Å². The second-order valence-electron chi connectivity index (χ2n) is 18.8. The number of hydrogen-bond donors (Lipinski definition) is 18. The Labute approximate surface area is 434 Å². The van der Waals surface area contributed by atoms with E-state index in [0.29, 0.717) is 0 Å². The number of nitrogens with one attached hydrogen (secondary N) is 12. The molecule has 30 heteroatoms. The Kier molecular flexibility index (Phi) is 28.5. The normalized spacial score (nSPS) is 15.5. The molecule has 0 fully saturated rings. The topological polar surface area (TPSA) is 499 Å². The molecule has 0 unspecified atom stereocenters. The molecule has 0 saturated heterocycles. The quantitative estimate of drug-likeness (QED) is 0.0173. The number of H-pyrrole nitrogens is 1. The Hall–Kier alpha value is -7.47. The van der Waals surface area contributed by atoms with Crippen LogP contribution in [0.4, 0.5) is 0 Å². The molecule has 0 saturated carbocycles. The van der Waals surface area contributed by atoms with Gasteiger partial charge in [0, 0.05) is 25.6 Å². The van der Waals surface area contributed by atoms with Gasteiger partial charge in [-0.25, -0.2) is 4.98 Å². The average Bonchev–Trinajstić information content (AvgIpc) is 3.85. The number of nitrogens with two attached hydrogens (primary N) is 3. The third-order valence-corrected chi connectivity index (χ3v) is 11.2. The zero-order valence-electron chi connectivity index (χ0n) is 43.5. The van der Waals surface area contributed by atoms with Crippen molar-refractivity contribution in [1.29, 1.82) is 5.41 Å². The van der Waals surface area contributed by atoms with Gasteiger partial charge in [0.1, 0.15) is 54.4 Å². The van der Waals surface area contributed by atoms with Crippen LogP contribution in [-0.2, 0) is 59.2 Å². The molecule has 0 bridgehead atoms. The highest BCUT2D eigenvalue weighted by molar-refractivity contribution is 5.98. The van der Waals surface area contributed by atoms with Gasteiger partial charge in [-0.2, -0.15) is 0 Å². The predicted molar refractivity (Wildman–Crippen MR) is 267 cm³/mol. The lowest BCUT2D eigenvalue weighted by Gasteiger charge is -2.29. The average molecular weight is 1070 g/mol. The second-order valence-corrected chi connectivity index (χ2v) is 18.8. The Morgan fingerprint density at radius 3 is 1.57 bits per heavy atom. The SMILES string of the molecule is CC(C)C[C@H](NC(=O)[C@H](C)NC(=O)[C@H](Cc1c[nH]cn1)NC(=O)[C@H](CCC(N)=O)NC(=O)[C@H](C)NC(=O)[C@@H](C)CO)C(=O)N[C@H](C(=O)N[C@@H](CO)C(=O)N[C@H](C(=O)N[C@@H](CCCNC(=N)N)C(N)=O)C(C)C)[C@@H](C)O. The number of carbonyl (C=O) groups is 11. The predicted octanol–water partition coefficient (Wildman–Crippen LogP) is -6.93. The van der Waals surface area contributed by atoms with Crippen LogP contribution in [0.25, 0.3) is 0 Å². The molecule has 30 nitrogen and oxygen atoms in total. The summed E-state index contributed by atoms with van der Waals surface area (Å²) in [6.45, 7) is 10.4. The van der Waals surface area contributed by atoms with Crippen molar-refractivity contribution in [3.63, 3.8) is 0 Å². The first-order valence-corrected chi connectivity index (χ1v) is 24.3. The van der Waals surface area contributed by atoms with Gasteiger partial charge in [0.05, 0.1) is 37.3 Å². The van der Waals surface area contributed by atoms with Crippen molar-refractivity contribution >= 4 is 70.9 Å². The standard InChI is InChI=1S/C45H78N16O14/c1-20(2)14-29(41(72)61-34(25(8)64)44(75)59-31(18-63)42(73)60-33(21(3)4)43(74)55-27(35(47)66)10-9-13-51-45(48)49)57-38(69)24(7)54-40(71)30(15-26-16-50-19-52-26)58-39(70)28(11-12-32(46)65)56-37(68)23(6)53-36(67)22(5)17-62/h16,19-25,27-31,33-34,62-64H,9-15,17-18H2,1-8H3,(H2,46,65)(H2,47,66)(H,50,52)(H,53,67)(H,54,71)(H,55,74)(H,56,68)(H,57,69)(H,58,70)(H,59,75)(H,60,73)(H,61,72)(H4,48,49,51)/t22-,23-,24-,25+,27-,28-,29-,30-,31-,33-,34-/m0/s1. The highest BCUT2D eigenvalue weighted by Crippen LogP contribution is 2.10. The minimum atomic E-state index is -1.79. The van der Waals surface area contributed by atoms with E-state index in [1.54, 1.807) is 27.7 Å². The van der Waals surface area contributed by atoms with E-state index in [2.05, 4.69) is 63.1 Å². The number of hydrogen-bond acceptors (Lipinski definition) is 16. The monoisotopic (exact) mass is 1070 g/mol. The van der Waals surface area contributed by atoms with Crippen LogP contribution in [0.15, 0.2) is 12.5 Å². The van der Waals surface area contributed by atoms with Crippen LogP contribution in [0.2, 0.25) is 0 Å². The lowest BCUT2D eigenvalue weighted by Crippen LogP contribution is -2.62. The molecule has 0 aliphatic carbocycles. The van der Waals surface area contributed by atoms with E-state index in [1.165, 1.54) is 33.3 Å². The van der Waals surface area contributed by atoms with Crippen LogP contribution in [0.5, 0.6) is 0 Å². The summed E-state index contributed by atoms with van der Waals surface area (Å²) in [5.41, 5.74) is 16.3. The number of aromatic nitrogens is 2. The summed E-state index contributed by atoms with van der Waals surface area (Å²) < 4.78 is 0. The summed E-state index contributed by atoms with van der Waals surface area (Å²) in [5.74, 6) is -12.0. The number of aliphatic hydroxyl groups is 3. The summed E-state index contributed by atoms with van der Waals surface area (Å²) in [6.07, 6.45) is 0.425. The first kappa shape index (κ1) is 65.5. The van der Waals surface area contributed by atoms with E-state index in [-0.39, 0.29) is 62.6 Å². The number of guanidine groups is 1. The van der Waals surface area contributed by atoms with E-state index < -0.39 is 151 Å². The molecule has 11 atom stereocenters. The molecule has 1 rings (SSSR count). The number of aliphatic hydroxyl groups excluding tert-OH is 3. The summed E-state index contributed by atoms with van der Waals surface area (Å²) in [4.78, 5) is 151. The van der Waals surface area contributed by atoms with Crippen LogP contribution < -0.4 is 70.4 Å². The molecule has 1 aromatic rings. The fourth-order valence-electron chi connectivity index (χ4n) is 6.81. The Bertz CT molecular complexity index is 2120. The molecule has 1 heterocycles. The number of imidazole rings is 1. The van der Waals surface area contributed by atoms with Crippen molar-refractivity contribution in [2.75, 3.05) is 19.8 Å². The molecular weight excluding hydrogens is 989 g/mol. The number of aromatic amines is 1. The maximum atomic E-state index is 13.8. The fraction of sp³-hybridized carbons (Fsp3) is 0.667. The van der Waals surface area contributed by atoms with Crippen molar-refractivity contribution in [2.45, 2.75) is 154 Å². The molecule has 11 amide bonds. The van der Waals surface area contributed by atoms with E-state index in [0.717, 1.165) is 6.92 Å². The lowest BCUT2D eigenvalue weighted by atomic mass is 10.0. The Morgan fingerprint density at radius 1 is 0.587 bits per heavy atom.